The predicted octanol–water partition coefficient (Wildman–Crippen LogP) is 3.91. The van der Waals surface area contributed by atoms with Crippen molar-refractivity contribution < 1.29 is 8.91 Å². The summed E-state index contributed by atoms with van der Waals surface area (Å²) in [5.41, 5.74) is 7.21. The van der Waals surface area contributed by atoms with Gasteiger partial charge in [0.05, 0.1) is 5.69 Å². The molecule has 1 aromatic carbocycles. The van der Waals surface area contributed by atoms with Gasteiger partial charge in [-0.2, -0.15) is 0 Å². The molecule has 4 rings (SSSR count). The molecular weight excluding hydrogens is 337 g/mol. The number of hydrogen-bond acceptors (Lipinski definition) is 5. The minimum atomic E-state index is -0.281. The molecule has 3 aromatic rings. The van der Waals surface area contributed by atoms with Crippen molar-refractivity contribution in [3.05, 3.63) is 51.6 Å². The van der Waals surface area contributed by atoms with Crippen LogP contribution in [0, 0.1) is 5.82 Å². The first-order valence-electron chi connectivity index (χ1n) is 8.78. The first kappa shape index (κ1) is 16.7. The summed E-state index contributed by atoms with van der Waals surface area (Å²) in [5, 5.41) is 5.17. The number of thiophene rings is 1. The van der Waals surface area contributed by atoms with E-state index in [1.165, 1.54) is 21.9 Å². The number of rotatable bonds is 5. The van der Waals surface area contributed by atoms with E-state index < -0.39 is 0 Å². The first-order valence-corrected chi connectivity index (χ1v) is 9.59. The van der Waals surface area contributed by atoms with Crippen LogP contribution in [0.4, 0.5) is 4.39 Å². The highest BCUT2D eigenvalue weighted by Crippen LogP contribution is 2.32. The van der Waals surface area contributed by atoms with E-state index >= 15 is 0 Å². The molecule has 0 bridgehead atoms. The molecule has 0 unspecified atom stereocenters. The van der Waals surface area contributed by atoms with Crippen LogP contribution in [0.1, 0.15) is 34.2 Å². The highest BCUT2D eigenvalue weighted by Gasteiger charge is 2.25. The second-order valence-corrected chi connectivity index (χ2v) is 7.90. The zero-order valence-corrected chi connectivity index (χ0v) is 14.9. The van der Waals surface area contributed by atoms with Gasteiger partial charge in [0.15, 0.2) is 5.58 Å². The molecule has 0 spiro atoms. The summed E-state index contributed by atoms with van der Waals surface area (Å²) in [6.45, 7) is 3.85. The first-order chi connectivity index (χ1) is 12.2. The van der Waals surface area contributed by atoms with Crippen LogP contribution in [0.15, 0.2) is 34.9 Å². The Hall–Kier alpha value is -1.76. The molecule has 1 fully saturated rings. The standard InChI is InChI=1S/C19H22FN3OS/c20-14-1-4-17-18(11-14)24-22-19(17)13-5-8-23(9-6-13)10-7-15-2-3-16(12-21)25-15/h1-4,11,13H,5-10,12,21H2. The molecule has 25 heavy (non-hydrogen) atoms. The van der Waals surface area contributed by atoms with Crippen LogP contribution < -0.4 is 5.73 Å². The number of benzene rings is 1. The Kier molecular flexibility index (Phi) is 4.83. The van der Waals surface area contributed by atoms with Gasteiger partial charge in [0.25, 0.3) is 0 Å². The molecule has 2 N–H and O–H groups in total. The molecule has 0 aliphatic carbocycles. The second kappa shape index (κ2) is 7.23. The molecule has 0 amide bonds. The van der Waals surface area contributed by atoms with E-state index in [1.807, 2.05) is 11.3 Å². The molecule has 2 aromatic heterocycles. The Balaban J connectivity index is 1.34. The zero-order chi connectivity index (χ0) is 17.2. The number of halogens is 1. The van der Waals surface area contributed by atoms with Crippen molar-refractivity contribution in [3.63, 3.8) is 0 Å². The quantitative estimate of drug-likeness (QED) is 0.750. The average Bonchev–Trinajstić information content (AvgIpc) is 3.26. The average molecular weight is 359 g/mol. The molecule has 0 radical (unpaired) electrons. The van der Waals surface area contributed by atoms with Crippen LogP contribution in [0.5, 0.6) is 0 Å². The Morgan fingerprint density at radius 2 is 2.00 bits per heavy atom. The largest absolute Gasteiger partial charge is 0.356 e. The molecule has 1 aliphatic heterocycles. The van der Waals surface area contributed by atoms with E-state index in [0.717, 1.165) is 50.0 Å². The van der Waals surface area contributed by atoms with E-state index in [2.05, 4.69) is 22.2 Å². The molecule has 6 heteroatoms. The lowest BCUT2D eigenvalue weighted by Gasteiger charge is -2.31. The van der Waals surface area contributed by atoms with Gasteiger partial charge in [-0.25, -0.2) is 4.39 Å². The van der Waals surface area contributed by atoms with Crippen molar-refractivity contribution in [2.24, 2.45) is 5.73 Å². The Morgan fingerprint density at radius 1 is 1.20 bits per heavy atom. The number of fused-ring (bicyclic) bond motifs is 1. The van der Waals surface area contributed by atoms with Crippen molar-refractivity contribution in [1.82, 2.24) is 10.1 Å². The predicted molar refractivity (Wildman–Crippen MR) is 98.3 cm³/mol. The van der Waals surface area contributed by atoms with E-state index in [9.17, 15) is 4.39 Å². The van der Waals surface area contributed by atoms with Gasteiger partial charge < -0.3 is 15.2 Å². The smallest absolute Gasteiger partial charge is 0.170 e. The van der Waals surface area contributed by atoms with Crippen molar-refractivity contribution in [1.29, 1.82) is 0 Å². The van der Waals surface area contributed by atoms with Gasteiger partial charge in [-0.05, 0) is 56.6 Å². The molecular formula is C19H22FN3OS. The van der Waals surface area contributed by atoms with E-state index in [1.54, 1.807) is 6.07 Å². The van der Waals surface area contributed by atoms with Gasteiger partial charge in [-0.15, -0.1) is 11.3 Å². The summed E-state index contributed by atoms with van der Waals surface area (Å²) < 4.78 is 18.6. The minimum Gasteiger partial charge on any atom is -0.356 e. The van der Waals surface area contributed by atoms with E-state index in [4.69, 9.17) is 10.3 Å². The van der Waals surface area contributed by atoms with Crippen LogP contribution in [0.25, 0.3) is 11.0 Å². The Labute approximate surface area is 150 Å². The fourth-order valence-electron chi connectivity index (χ4n) is 3.59. The van der Waals surface area contributed by atoms with E-state index in [-0.39, 0.29) is 5.82 Å². The monoisotopic (exact) mass is 359 g/mol. The zero-order valence-electron chi connectivity index (χ0n) is 14.1. The number of nitrogens with two attached hydrogens (primary N) is 1. The van der Waals surface area contributed by atoms with Gasteiger partial charge in [0.1, 0.15) is 5.82 Å². The molecule has 3 heterocycles. The maximum Gasteiger partial charge on any atom is 0.170 e. The van der Waals surface area contributed by atoms with E-state index in [0.29, 0.717) is 18.0 Å². The fourth-order valence-corrected chi connectivity index (χ4v) is 4.48. The van der Waals surface area contributed by atoms with Gasteiger partial charge in [-0.1, -0.05) is 5.16 Å². The summed E-state index contributed by atoms with van der Waals surface area (Å²) in [6.07, 6.45) is 3.22. The normalized spacial score (nSPS) is 16.7. The third-order valence-electron chi connectivity index (χ3n) is 5.03. The topological polar surface area (TPSA) is 55.3 Å². The third-order valence-corrected chi connectivity index (χ3v) is 6.20. The molecule has 0 atom stereocenters. The summed E-state index contributed by atoms with van der Waals surface area (Å²) in [6, 6.07) is 9.01. The summed E-state index contributed by atoms with van der Waals surface area (Å²) in [7, 11) is 0. The van der Waals surface area contributed by atoms with Crippen LogP contribution in [0.2, 0.25) is 0 Å². The number of aromatic nitrogens is 1. The van der Waals surface area contributed by atoms with Crippen molar-refractivity contribution in [2.75, 3.05) is 19.6 Å². The number of hydrogen-bond donors (Lipinski definition) is 1. The molecule has 1 saturated heterocycles. The van der Waals surface area contributed by atoms with Gasteiger partial charge in [0, 0.05) is 40.2 Å². The maximum absolute atomic E-state index is 13.3. The maximum atomic E-state index is 13.3. The Morgan fingerprint density at radius 3 is 2.76 bits per heavy atom. The van der Waals surface area contributed by atoms with Gasteiger partial charge in [-0.3, -0.25) is 0 Å². The summed E-state index contributed by atoms with van der Waals surface area (Å²) in [4.78, 5) is 5.18. The fraction of sp³-hybridized carbons (Fsp3) is 0.421. The second-order valence-electron chi connectivity index (χ2n) is 6.65. The number of likely N-dealkylation sites (tertiary alicyclic amines) is 1. The van der Waals surface area contributed by atoms with Gasteiger partial charge in [0.2, 0.25) is 0 Å². The molecule has 4 nitrogen and oxygen atoms in total. The van der Waals surface area contributed by atoms with Crippen LogP contribution >= 0.6 is 11.3 Å². The minimum absolute atomic E-state index is 0.281. The highest BCUT2D eigenvalue weighted by molar-refractivity contribution is 7.11. The SMILES string of the molecule is NCc1ccc(CCN2CCC(c3noc4cc(F)ccc34)CC2)s1. The summed E-state index contributed by atoms with van der Waals surface area (Å²) in [5.74, 6) is 0.116. The summed E-state index contributed by atoms with van der Waals surface area (Å²) >= 11 is 1.82. The lowest BCUT2D eigenvalue weighted by Crippen LogP contribution is -2.34. The van der Waals surface area contributed by atoms with Crippen molar-refractivity contribution in [2.45, 2.75) is 31.7 Å². The lowest BCUT2D eigenvalue weighted by atomic mass is 9.91. The highest BCUT2D eigenvalue weighted by atomic mass is 32.1. The third kappa shape index (κ3) is 3.61. The van der Waals surface area contributed by atoms with Crippen LogP contribution in [-0.4, -0.2) is 29.7 Å². The van der Waals surface area contributed by atoms with Crippen LogP contribution in [0.3, 0.4) is 0 Å². The Bertz CT molecular complexity index is 851. The number of nitrogens with zero attached hydrogens (tertiary/aromatic N) is 2. The lowest BCUT2D eigenvalue weighted by molar-refractivity contribution is 0.212. The number of piperidine rings is 1. The van der Waals surface area contributed by atoms with Crippen LogP contribution in [-0.2, 0) is 13.0 Å². The molecule has 132 valence electrons. The molecule has 1 aliphatic rings. The molecule has 0 saturated carbocycles. The van der Waals surface area contributed by atoms with Gasteiger partial charge >= 0.3 is 0 Å². The van der Waals surface area contributed by atoms with Crippen molar-refractivity contribution >= 4 is 22.3 Å². The van der Waals surface area contributed by atoms with Crippen molar-refractivity contribution in [3.8, 4) is 0 Å².